The van der Waals surface area contributed by atoms with Crippen molar-refractivity contribution in [3.63, 3.8) is 0 Å². The van der Waals surface area contributed by atoms with Crippen LogP contribution in [0.15, 0.2) is 53.4 Å². The molecule has 0 radical (unpaired) electrons. The van der Waals surface area contributed by atoms with Gasteiger partial charge in [0.2, 0.25) is 15.9 Å². The van der Waals surface area contributed by atoms with Crippen LogP contribution in [-0.2, 0) is 24.4 Å². The van der Waals surface area contributed by atoms with E-state index in [2.05, 4.69) is 0 Å². The number of esters is 1. The summed E-state index contributed by atoms with van der Waals surface area (Å²) in [6, 6.07) is 11.1. The van der Waals surface area contributed by atoms with E-state index in [4.69, 9.17) is 4.74 Å². The first-order valence-electron chi connectivity index (χ1n) is 10.1. The van der Waals surface area contributed by atoms with Crippen molar-refractivity contribution in [2.24, 2.45) is 0 Å². The number of carbonyl (C=O) groups is 3. The Morgan fingerprint density at radius 3 is 2.09 bits per heavy atom. The maximum Gasteiger partial charge on any atom is 0.308 e. The van der Waals surface area contributed by atoms with Crippen LogP contribution in [0.25, 0.3) is 0 Å². The summed E-state index contributed by atoms with van der Waals surface area (Å²) in [6.07, 6.45) is -0.271. The highest BCUT2D eigenvalue weighted by Crippen LogP contribution is 2.34. The number of anilines is 1. The summed E-state index contributed by atoms with van der Waals surface area (Å²) >= 11 is 0. The number of hydrogen-bond donors (Lipinski definition) is 0. The lowest BCUT2D eigenvalue weighted by atomic mass is 10.1. The minimum absolute atomic E-state index is 0.0578. The summed E-state index contributed by atoms with van der Waals surface area (Å²) in [7, 11) is -4.06. The van der Waals surface area contributed by atoms with E-state index in [9.17, 15) is 22.8 Å². The molecule has 1 unspecified atom stereocenters. The third-order valence-electron chi connectivity index (χ3n) is 5.00. The number of rotatable bonds is 5. The fraction of sp³-hybridized carbons (Fsp3) is 0.348. The van der Waals surface area contributed by atoms with Crippen molar-refractivity contribution >= 4 is 33.5 Å². The van der Waals surface area contributed by atoms with Crippen molar-refractivity contribution in [1.82, 2.24) is 4.31 Å². The highest BCUT2D eigenvalue weighted by Gasteiger charge is 2.50. The summed E-state index contributed by atoms with van der Waals surface area (Å²) in [4.78, 5) is 38.2. The van der Waals surface area contributed by atoms with Gasteiger partial charge in [0, 0.05) is 12.5 Å². The van der Waals surface area contributed by atoms with Gasteiger partial charge in [-0.2, -0.15) is 4.31 Å². The Bertz CT molecular complexity index is 1150. The number of carbonyl (C=O) groups excluding carboxylic acids is 3. The summed E-state index contributed by atoms with van der Waals surface area (Å²) in [6.45, 7) is 8.18. The third-order valence-corrected chi connectivity index (χ3v) is 7.19. The van der Waals surface area contributed by atoms with Crippen LogP contribution in [-0.4, -0.2) is 42.1 Å². The number of aryl methyl sites for hydroxylation is 1. The molecule has 32 heavy (non-hydrogen) atoms. The van der Waals surface area contributed by atoms with Gasteiger partial charge in [-0.1, -0.05) is 17.7 Å². The van der Waals surface area contributed by atoms with Gasteiger partial charge in [0.05, 0.1) is 17.0 Å². The molecule has 0 spiro atoms. The van der Waals surface area contributed by atoms with E-state index in [1.165, 1.54) is 43.3 Å². The highest BCUT2D eigenvalue weighted by atomic mass is 32.2. The fourth-order valence-electron chi connectivity index (χ4n) is 3.72. The van der Waals surface area contributed by atoms with Crippen molar-refractivity contribution < 1.29 is 27.5 Å². The van der Waals surface area contributed by atoms with E-state index in [-0.39, 0.29) is 22.8 Å². The lowest BCUT2D eigenvalue weighted by Gasteiger charge is -2.37. The maximum absolute atomic E-state index is 13.5. The Labute approximate surface area is 187 Å². The SMILES string of the molecule is CC(=O)Oc1ccc(N2C(=O)CC(N(C(C)(C)C)S(=O)(=O)c3ccc(C)cc3)C2=O)cc1. The Morgan fingerprint density at radius 1 is 1.03 bits per heavy atom. The van der Waals surface area contributed by atoms with Crippen LogP contribution in [0, 0.1) is 6.92 Å². The minimum atomic E-state index is -4.06. The average molecular weight is 459 g/mol. The van der Waals surface area contributed by atoms with E-state index < -0.39 is 39.4 Å². The summed E-state index contributed by atoms with van der Waals surface area (Å²) in [5.74, 6) is -1.35. The molecule has 0 N–H and O–H groups in total. The smallest absolute Gasteiger partial charge is 0.308 e. The molecule has 0 aliphatic carbocycles. The lowest BCUT2D eigenvalue weighted by Crippen LogP contribution is -2.54. The highest BCUT2D eigenvalue weighted by molar-refractivity contribution is 7.89. The summed E-state index contributed by atoms with van der Waals surface area (Å²) in [5, 5.41) is 0. The Kier molecular flexibility index (Phi) is 6.26. The summed E-state index contributed by atoms with van der Waals surface area (Å²) < 4.78 is 33.1. The van der Waals surface area contributed by atoms with Crippen LogP contribution in [0.1, 0.15) is 39.7 Å². The molecule has 2 aromatic rings. The predicted molar refractivity (Wildman–Crippen MR) is 119 cm³/mol. The molecule has 1 saturated heterocycles. The van der Waals surface area contributed by atoms with Crippen LogP contribution in [0.2, 0.25) is 0 Å². The van der Waals surface area contributed by atoms with E-state index in [0.29, 0.717) is 0 Å². The molecule has 1 heterocycles. The first-order chi connectivity index (χ1) is 14.8. The molecule has 1 fully saturated rings. The molecule has 8 nitrogen and oxygen atoms in total. The number of nitrogens with zero attached hydrogens (tertiary/aromatic N) is 2. The van der Waals surface area contributed by atoms with E-state index in [1.807, 2.05) is 6.92 Å². The van der Waals surface area contributed by atoms with Crippen LogP contribution in [0.3, 0.4) is 0 Å². The maximum atomic E-state index is 13.5. The predicted octanol–water partition coefficient (Wildman–Crippen LogP) is 3.04. The molecule has 0 bridgehead atoms. The first-order valence-corrected chi connectivity index (χ1v) is 11.5. The number of ether oxygens (including phenoxy) is 1. The minimum Gasteiger partial charge on any atom is -0.427 e. The van der Waals surface area contributed by atoms with Gasteiger partial charge in [0.25, 0.3) is 5.91 Å². The number of amides is 2. The lowest BCUT2D eigenvalue weighted by molar-refractivity contribution is -0.132. The van der Waals surface area contributed by atoms with Gasteiger partial charge in [-0.3, -0.25) is 14.4 Å². The van der Waals surface area contributed by atoms with Crippen LogP contribution < -0.4 is 9.64 Å². The molecule has 1 aliphatic rings. The molecule has 0 aromatic heterocycles. The van der Waals surface area contributed by atoms with Gasteiger partial charge in [-0.15, -0.1) is 0 Å². The molecular weight excluding hydrogens is 432 g/mol. The summed E-state index contributed by atoms with van der Waals surface area (Å²) in [5.41, 5.74) is 0.223. The van der Waals surface area contributed by atoms with Crippen LogP contribution >= 0.6 is 0 Å². The Morgan fingerprint density at radius 2 is 1.59 bits per heavy atom. The van der Waals surface area contributed by atoms with Crippen molar-refractivity contribution in [3.8, 4) is 5.75 Å². The van der Waals surface area contributed by atoms with Crippen molar-refractivity contribution in [3.05, 3.63) is 54.1 Å². The first kappa shape index (κ1) is 23.6. The van der Waals surface area contributed by atoms with E-state index >= 15 is 0 Å². The van der Waals surface area contributed by atoms with Gasteiger partial charge in [-0.05, 0) is 64.1 Å². The molecule has 1 atom stereocenters. The zero-order valence-corrected chi connectivity index (χ0v) is 19.5. The molecule has 3 rings (SSSR count). The second-order valence-electron chi connectivity index (χ2n) is 8.66. The van der Waals surface area contributed by atoms with E-state index in [1.54, 1.807) is 32.9 Å². The van der Waals surface area contributed by atoms with Gasteiger partial charge < -0.3 is 4.74 Å². The molecular formula is C23H26N2O6S. The van der Waals surface area contributed by atoms with Crippen molar-refractivity contribution in [2.45, 2.75) is 57.5 Å². The topological polar surface area (TPSA) is 101 Å². The number of hydrogen-bond acceptors (Lipinski definition) is 6. The monoisotopic (exact) mass is 458 g/mol. The quantitative estimate of drug-likeness (QED) is 0.388. The molecule has 0 saturated carbocycles. The number of benzene rings is 2. The van der Waals surface area contributed by atoms with Gasteiger partial charge in [0.1, 0.15) is 11.8 Å². The van der Waals surface area contributed by atoms with Crippen molar-refractivity contribution in [2.75, 3.05) is 4.90 Å². The molecule has 2 amide bonds. The van der Waals surface area contributed by atoms with Gasteiger partial charge in [-0.25, -0.2) is 13.3 Å². The standard InChI is InChI=1S/C23H26N2O6S/c1-15-6-12-19(13-7-15)32(29,30)25(23(3,4)5)20-14-21(27)24(22(20)28)17-8-10-18(11-9-17)31-16(2)26/h6-13,20H,14H2,1-5H3. The van der Waals surface area contributed by atoms with Gasteiger partial charge in [0.15, 0.2) is 0 Å². The van der Waals surface area contributed by atoms with Crippen LogP contribution in [0.4, 0.5) is 5.69 Å². The van der Waals surface area contributed by atoms with E-state index in [0.717, 1.165) is 14.8 Å². The zero-order valence-electron chi connectivity index (χ0n) is 18.7. The third kappa shape index (κ3) is 4.58. The van der Waals surface area contributed by atoms with Gasteiger partial charge >= 0.3 is 5.97 Å². The average Bonchev–Trinajstić information content (AvgIpc) is 2.95. The zero-order chi connectivity index (χ0) is 23.8. The second-order valence-corrected chi connectivity index (χ2v) is 10.5. The molecule has 1 aliphatic heterocycles. The molecule has 2 aromatic carbocycles. The number of sulfonamides is 1. The Balaban J connectivity index is 1.98. The Hall–Kier alpha value is -3.04. The molecule has 170 valence electrons. The van der Waals surface area contributed by atoms with Crippen LogP contribution in [0.5, 0.6) is 5.75 Å². The largest absolute Gasteiger partial charge is 0.427 e. The number of imide groups is 1. The normalized spacial score (nSPS) is 17.2. The second kappa shape index (κ2) is 8.48. The molecule has 9 heteroatoms. The van der Waals surface area contributed by atoms with Crippen molar-refractivity contribution in [1.29, 1.82) is 0 Å². The fourth-order valence-corrected chi connectivity index (χ4v) is 5.65.